The molecule has 1 amide bonds. The molecule has 0 aliphatic carbocycles. The first-order valence-electron chi connectivity index (χ1n) is 8.59. The number of carbonyl (C=O) groups excluding carboxylic acids is 1. The Kier molecular flexibility index (Phi) is 5.35. The van der Waals surface area contributed by atoms with Gasteiger partial charge in [0.15, 0.2) is 15.0 Å². The standard InChI is InChI=1S/C20H22N2O3S2/c1-13-10-11-17-18(14(13)2)21-20(26-17)22(12-16-8-6-5-7-9-16)19(23)15(3)27(4,24)25/h5-11,15H,12H2,1-4H3. The summed E-state index contributed by atoms with van der Waals surface area (Å²) in [6.07, 6.45) is 1.09. The number of thiazole rings is 1. The molecule has 3 rings (SSSR count). The molecular formula is C20H22N2O3S2. The Morgan fingerprint density at radius 3 is 2.44 bits per heavy atom. The number of rotatable bonds is 5. The molecule has 2 aromatic carbocycles. The number of anilines is 1. The lowest BCUT2D eigenvalue weighted by Gasteiger charge is -2.22. The fourth-order valence-electron chi connectivity index (χ4n) is 2.74. The van der Waals surface area contributed by atoms with Crippen molar-refractivity contribution in [2.24, 2.45) is 0 Å². The van der Waals surface area contributed by atoms with Crippen molar-refractivity contribution in [3.8, 4) is 0 Å². The number of amides is 1. The van der Waals surface area contributed by atoms with Crippen LogP contribution in [0.4, 0.5) is 5.13 Å². The van der Waals surface area contributed by atoms with Crippen molar-refractivity contribution in [1.29, 1.82) is 0 Å². The third-order valence-electron chi connectivity index (χ3n) is 4.74. The molecule has 1 atom stereocenters. The normalized spacial score (nSPS) is 12.9. The van der Waals surface area contributed by atoms with E-state index in [9.17, 15) is 13.2 Å². The van der Waals surface area contributed by atoms with Crippen LogP contribution in [-0.4, -0.2) is 30.8 Å². The Labute approximate surface area is 163 Å². The van der Waals surface area contributed by atoms with Crippen LogP contribution in [0.5, 0.6) is 0 Å². The van der Waals surface area contributed by atoms with E-state index in [4.69, 9.17) is 0 Å². The van der Waals surface area contributed by atoms with Crippen LogP contribution in [0.25, 0.3) is 10.2 Å². The van der Waals surface area contributed by atoms with E-state index in [0.29, 0.717) is 5.13 Å². The van der Waals surface area contributed by atoms with Crippen molar-refractivity contribution in [2.45, 2.75) is 32.6 Å². The highest BCUT2D eigenvalue weighted by Crippen LogP contribution is 2.33. The van der Waals surface area contributed by atoms with Gasteiger partial charge in [-0.05, 0) is 43.5 Å². The number of hydrogen-bond donors (Lipinski definition) is 0. The van der Waals surface area contributed by atoms with Crippen molar-refractivity contribution in [2.75, 3.05) is 11.2 Å². The van der Waals surface area contributed by atoms with Gasteiger partial charge in [-0.1, -0.05) is 47.7 Å². The van der Waals surface area contributed by atoms with Crippen LogP contribution in [-0.2, 0) is 21.2 Å². The predicted molar refractivity (Wildman–Crippen MR) is 111 cm³/mol. The van der Waals surface area contributed by atoms with Gasteiger partial charge >= 0.3 is 0 Å². The summed E-state index contributed by atoms with van der Waals surface area (Å²) in [4.78, 5) is 19.2. The summed E-state index contributed by atoms with van der Waals surface area (Å²) >= 11 is 1.40. The van der Waals surface area contributed by atoms with Gasteiger partial charge in [-0.3, -0.25) is 9.69 Å². The van der Waals surface area contributed by atoms with Gasteiger partial charge in [0.25, 0.3) is 0 Å². The number of carbonyl (C=O) groups is 1. The molecule has 0 saturated carbocycles. The molecule has 1 heterocycles. The highest BCUT2D eigenvalue weighted by atomic mass is 32.2. The van der Waals surface area contributed by atoms with E-state index in [1.807, 2.05) is 56.3 Å². The fourth-order valence-corrected chi connectivity index (χ4v) is 4.26. The molecule has 0 fully saturated rings. The molecule has 27 heavy (non-hydrogen) atoms. The maximum atomic E-state index is 13.0. The molecule has 1 aromatic heterocycles. The molecule has 7 heteroatoms. The molecule has 0 spiro atoms. The summed E-state index contributed by atoms with van der Waals surface area (Å²) in [5.41, 5.74) is 3.97. The molecule has 0 radical (unpaired) electrons. The minimum absolute atomic E-state index is 0.275. The predicted octanol–water partition coefficient (Wildman–Crippen LogP) is 3.88. The topological polar surface area (TPSA) is 67.3 Å². The Balaban J connectivity index is 2.09. The Hall–Kier alpha value is -2.25. The van der Waals surface area contributed by atoms with Crippen molar-refractivity contribution in [1.82, 2.24) is 4.98 Å². The summed E-state index contributed by atoms with van der Waals surface area (Å²) in [7, 11) is -3.51. The average molecular weight is 403 g/mol. The van der Waals surface area contributed by atoms with Crippen molar-refractivity contribution in [3.63, 3.8) is 0 Å². The first-order valence-corrected chi connectivity index (χ1v) is 11.4. The van der Waals surface area contributed by atoms with Crippen LogP contribution < -0.4 is 4.90 Å². The SMILES string of the molecule is Cc1ccc2sc(N(Cc3ccccc3)C(=O)C(C)S(C)(=O)=O)nc2c1C. The van der Waals surface area contributed by atoms with Gasteiger partial charge in [0, 0.05) is 6.26 Å². The molecular weight excluding hydrogens is 380 g/mol. The van der Waals surface area contributed by atoms with E-state index in [1.165, 1.54) is 23.2 Å². The molecule has 0 aliphatic heterocycles. The van der Waals surface area contributed by atoms with Gasteiger partial charge in [0.05, 0.1) is 16.8 Å². The molecule has 142 valence electrons. The highest BCUT2D eigenvalue weighted by Gasteiger charge is 2.31. The maximum absolute atomic E-state index is 13.0. The van der Waals surface area contributed by atoms with E-state index in [1.54, 1.807) is 0 Å². The quantitative estimate of drug-likeness (QED) is 0.649. The second-order valence-electron chi connectivity index (χ2n) is 6.73. The van der Waals surface area contributed by atoms with Crippen LogP contribution in [0.15, 0.2) is 42.5 Å². The number of fused-ring (bicyclic) bond motifs is 1. The minimum atomic E-state index is -3.51. The molecule has 1 unspecified atom stereocenters. The number of benzene rings is 2. The maximum Gasteiger partial charge on any atom is 0.247 e. The zero-order valence-electron chi connectivity index (χ0n) is 15.8. The smallest absolute Gasteiger partial charge is 0.247 e. The lowest BCUT2D eigenvalue weighted by atomic mass is 10.1. The summed E-state index contributed by atoms with van der Waals surface area (Å²) in [6.45, 7) is 5.73. The van der Waals surface area contributed by atoms with Gasteiger partial charge in [-0.25, -0.2) is 13.4 Å². The second-order valence-corrected chi connectivity index (χ2v) is 10.1. The number of nitrogens with zero attached hydrogens (tertiary/aromatic N) is 2. The van der Waals surface area contributed by atoms with Crippen molar-refractivity contribution in [3.05, 3.63) is 59.2 Å². The van der Waals surface area contributed by atoms with Crippen molar-refractivity contribution < 1.29 is 13.2 Å². The van der Waals surface area contributed by atoms with Gasteiger partial charge in [-0.2, -0.15) is 0 Å². The third kappa shape index (κ3) is 4.04. The summed E-state index contributed by atoms with van der Waals surface area (Å²) < 4.78 is 24.9. The highest BCUT2D eigenvalue weighted by molar-refractivity contribution is 7.92. The number of hydrogen-bond acceptors (Lipinski definition) is 5. The third-order valence-corrected chi connectivity index (χ3v) is 7.27. The van der Waals surface area contributed by atoms with Crippen LogP contribution >= 0.6 is 11.3 Å². The monoisotopic (exact) mass is 402 g/mol. The van der Waals surface area contributed by atoms with E-state index in [2.05, 4.69) is 4.98 Å². The molecule has 3 aromatic rings. The fraction of sp³-hybridized carbons (Fsp3) is 0.300. The second kappa shape index (κ2) is 7.40. The van der Waals surface area contributed by atoms with Crippen LogP contribution in [0.3, 0.4) is 0 Å². The zero-order valence-corrected chi connectivity index (χ0v) is 17.4. The number of sulfone groups is 1. The molecule has 0 bridgehead atoms. The van der Waals surface area contributed by atoms with Gasteiger partial charge in [0.2, 0.25) is 5.91 Å². The summed E-state index contributed by atoms with van der Waals surface area (Å²) in [5, 5.41) is -0.612. The summed E-state index contributed by atoms with van der Waals surface area (Å²) in [6, 6.07) is 13.5. The number of aromatic nitrogens is 1. The lowest BCUT2D eigenvalue weighted by molar-refractivity contribution is -0.118. The zero-order chi connectivity index (χ0) is 19.8. The Morgan fingerprint density at radius 1 is 1.15 bits per heavy atom. The first kappa shape index (κ1) is 19.5. The average Bonchev–Trinajstić information content (AvgIpc) is 3.06. The van der Waals surface area contributed by atoms with Crippen LogP contribution in [0.1, 0.15) is 23.6 Å². The first-order chi connectivity index (χ1) is 12.7. The van der Waals surface area contributed by atoms with Crippen LogP contribution in [0, 0.1) is 13.8 Å². The largest absolute Gasteiger partial charge is 0.282 e. The molecule has 0 saturated heterocycles. The number of aryl methyl sites for hydroxylation is 2. The van der Waals surface area contributed by atoms with E-state index < -0.39 is 21.0 Å². The van der Waals surface area contributed by atoms with Crippen molar-refractivity contribution >= 4 is 42.4 Å². The molecule has 5 nitrogen and oxygen atoms in total. The summed E-state index contributed by atoms with van der Waals surface area (Å²) in [5.74, 6) is -0.463. The Morgan fingerprint density at radius 2 is 1.81 bits per heavy atom. The molecule has 0 aliphatic rings. The van der Waals surface area contributed by atoms with Gasteiger partial charge in [-0.15, -0.1) is 0 Å². The Bertz CT molecular complexity index is 1090. The molecule has 0 N–H and O–H groups in total. The van der Waals surface area contributed by atoms with E-state index in [0.717, 1.165) is 33.2 Å². The van der Waals surface area contributed by atoms with E-state index >= 15 is 0 Å². The van der Waals surface area contributed by atoms with Gasteiger partial charge in [0.1, 0.15) is 5.25 Å². The van der Waals surface area contributed by atoms with E-state index in [-0.39, 0.29) is 6.54 Å². The lowest BCUT2D eigenvalue weighted by Crippen LogP contribution is -2.41. The van der Waals surface area contributed by atoms with Gasteiger partial charge < -0.3 is 0 Å². The minimum Gasteiger partial charge on any atom is -0.282 e. The van der Waals surface area contributed by atoms with Crippen LogP contribution in [0.2, 0.25) is 0 Å².